The summed E-state index contributed by atoms with van der Waals surface area (Å²) in [6.45, 7) is 6.17. The Morgan fingerprint density at radius 2 is 1.89 bits per heavy atom. The van der Waals surface area contributed by atoms with E-state index in [2.05, 4.69) is 9.80 Å². The molecular formula is C15H22FN3. The summed E-state index contributed by atoms with van der Waals surface area (Å²) in [6, 6.07) is 5.69. The Balaban J connectivity index is 1.75. The summed E-state index contributed by atoms with van der Waals surface area (Å²) in [5.74, 6) is -0.201. The zero-order valence-electron chi connectivity index (χ0n) is 11.5. The highest BCUT2D eigenvalue weighted by Crippen LogP contribution is 2.31. The van der Waals surface area contributed by atoms with Crippen LogP contribution in [0.4, 0.5) is 10.1 Å². The average Bonchev–Trinajstić information content (AvgIpc) is 3.23. The molecule has 0 unspecified atom stereocenters. The van der Waals surface area contributed by atoms with Crippen molar-refractivity contribution < 1.29 is 4.39 Å². The average molecular weight is 263 g/mol. The van der Waals surface area contributed by atoms with Gasteiger partial charge in [0.25, 0.3) is 0 Å². The Morgan fingerprint density at radius 3 is 2.47 bits per heavy atom. The van der Waals surface area contributed by atoms with E-state index in [1.807, 2.05) is 13.0 Å². The topological polar surface area (TPSA) is 32.5 Å². The van der Waals surface area contributed by atoms with Crippen LogP contribution < -0.4 is 10.6 Å². The minimum Gasteiger partial charge on any atom is -0.369 e. The lowest BCUT2D eigenvalue weighted by Crippen LogP contribution is -2.47. The smallest absolute Gasteiger partial charge is 0.123 e. The van der Waals surface area contributed by atoms with Crippen LogP contribution in [-0.2, 0) is 0 Å². The molecule has 19 heavy (non-hydrogen) atoms. The van der Waals surface area contributed by atoms with Gasteiger partial charge in [-0.1, -0.05) is 0 Å². The van der Waals surface area contributed by atoms with Crippen molar-refractivity contribution in [1.82, 2.24) is 4.90 Å². The van der Waals surface area contributed by atoms with E-state index in [0.717, 1.165) is 43.5 Å². The van der Waals surface area contributed by atoms with Crippen LogP contribution in [0.3, 0.4) is 0 Å². The number of hydrogen-bond acceptors (Lipinski definition) is 3. The Kier molecular flexibility index (Phi) is 3.46. The molecule has 3 rings (SSSR count). The van der Waals surface area contributed by atoms with Gasteiger partial charge in [0.15, 0.2) is 0 Å². The molecule has 0 aromatic heterocycles. The van der Waals surface area contributed by atoms with Gasteiger partial charge >= 0.3 is 0 Å². The van der Waals surface area contributed by atoms with Crippen LogP contribution in [0, 0.1) is 5.82 Å². The molecule has 104 valence electrons. The van der Waals surface area contributed by atoms with Gasteiger partial charge in [-0.2, -0.15) is 0 Å². The summed E-state index contributed by atoms with van der Waals surface area (Å²) < 4.78 is 13.4. The molecule has 1 heterocycles. The van der Waals surface area contributed by atoms with Crippen molar-refractivity contribution in [2.24, 2.45) is 5.73 Å². The first-order valence-electron chi connectivity index (χ1n) is 7.19. The third-order valence-electron chi connectivity index (χ3n) is 4.20. The van der Waals surface area contributed by atoms with Gasteiger partial charge in [0.2, 0.25) is 0 Å². The van der Waals surface area contributed by atoms with Crippen LogP contribution in [0.1, 0.15) is 31.4 Å². The van der Waals surface area contributed by atoms with E-state index in [1.165, 1.54) is 18.9 Å². The molecule has 0 radical (unpaired) electrons. The Labute approximate surface area is 114 Å². The highest BCUT2D eigenvalue weighted by atomic mass is 19.1. The van der Waals surface area contributed by atoms with Gasteiger partial charge in [-0.15, -0.1) is 0 Å². The Morgan fingerprint density at radius 1 is 1.21 bits per heavy atom. The fraction of sp³-hybridized carbons (Fsp3) is 0.600. The van der Waals surface area contributed by atoms with Crippen LogP contribution in [-0.4, -0.2) is 37.1 Å². The first kappa shape index (κ1) is 12.9. The van der Waals surface area contributed by atoms with Gasteiger partial charge in [-0.3, -0.25) is 4.90 Å². The fourth-order valence-electron chi connectivity index (χ4n) is 2.95. The third-order valence-corrected chi connectivity index (χ3v) is 4.20. The van der Waals surface area contributed by atoms with Crippen LogP contribution in [0.25, 0.3) is 0 Å². The largest absolute Gasteiger partial charge is 0.369 e. The molecule has 0 spiro atoms. The summed E-state index contributed by atoms with van der Waals surface area (Å²) in [6.07, 6.45) is 2.73. The summed E-state index contributed by atoms with van der Waals surface area (Å²) in [7, 11) is 0. The number of anilines is 1. The molecule has 1 aromatic rings. The van der Waals surface area contributed by atoms with Gasteiger partial charge in [0.1, 0.15) is 5.82 Å². The highest BCUT2D eigenvalue weighted by Gasteiger charge is 2.31. The molecule has 0 amide bonds. The molecule has 1 saturated carbocycles. The maximum absolute atomic E-state index is 13.4. The zero-order valence-corrected chi connectivity index (χ0v) is 11.5. The second-order valence-corrected chi connectivity index (χ2v) is 5.75. The number of rotatable bonds is 3. The van der Waals surface area contributed by atoms with Crippen LogP contribution in [0.2, 0.25) is 0 Å². The second kappa shape index (κ2) is 5.10. The van der Waals surface area contributed by atoms with E-state index in [9.17, 15) is 4.39 Å². The van der Waals surface area contributed by atoms with Gasteiger partial charge in [0, 0.05) is 44.0 Å². The number of benzene rings is 1. The quantitative estimate of drug-likeness (QED) is 0.906. The normalized spacial score (nSPS) is 22.6. The van der Waals surface area contributed by atoms with E-state index in [1.54, 1.807) is 6.07 Å². The lowest BCUT2D eigenvalue weighted by molar-refractivity contribution is 0.248. The number of nitrogens with zero attached hydrogens (tertiary/aromatic N) is 2. The molecule has 3 nitrogen and oxygen atoms in total. The molecule has 1 aliphatic heterocycles. The lowest BCUT2D eigenvalue weighted by Gasteiger charge is -2.37. The molecule has 1 aromatic carbocycles. The van der Waals surface area contributed by atoms with E-state index >= 15 is 0 Å². The molecule has 2 N–H and O–H groups in total. The van der Waals surface area contributed by atoms with Gasteiger partial charge in [-0.05, 0) is 43.5 Å². The second-order valence-electron chi connectivity index (χ2n) is 5.75. The van der Waals surface area contributed by atoms with E-state index in [4.69, 9.17) is 5.73 Å². The standard InChI is InChI=1S/C15H22FN3/c1-11(17)14-10-12(16)2-5-15(14)19-8-6-18(7-9-19)13-3-4-13/h2,5,10-11,13H,3-4,6-9,17H2,1H3/t11-/m0/s1. The summed E-state index contributed by atoms with van der Waals surface area (Å²) in [4.78, 5) is 4.92. The van der Waals surface area contributed by atoms with Gasteiger partial charge < -0.3 is 10.6 Å². The van der Waals surface area contributed by atoms with Gasteiger partial charge in [0.05, 0.1) is 0 Å². The lowest BCUT2D eigenvalue weighted by atomic mass is 10.0. The maximum Gasteiger partial charge on any atom is 0.123 e. The van der Waals surface area contributed by atoms with Crippen molar-refractivity contribution in [3.05, 3.63) is 29.6 Å². The van der Waals surface area contributed by atoms with Crippen molar-refractivity contribution in [1.29, 1.82) is 0 Å². The van der Waals surface area contributed by atoms with E-state index < -0.39 is 0 Å². The highest BCUT2D eigenvalue weighted by molar-refractivity contribution is 5.55. The Bertz CT molecular complexity index is 449. The molecule has 1 saturated heterocycles. The third kappa shape index (κ3) is 2.74. The van der Waals surface area contributed by atoms with E-state index in [-0.39, 0.29) is 11.9 Å². The molecule has 4 heteroatoms. The SMILES string of the molecule is C[C@H](N)c1cc(F)ccc1N1CCN(C2CC2)CC1. The van der Waals surface area contributed by atoms with Crippen LogP contribution in [0.5, 0.6) is 0 Å². The number of halogens is 1. The number of piperazine rings is 1. The number of hydrogen-bond donors (Lipinski definition) is 1. The predicted molar refractivity (Wildman–Crippen MR) is 75.8 cm³/mol. The molecule has 0 bridgehead atoms. The van der Waals surface area contributed by atoms with Crippen LogP contribution in [0.15, 0.2) is 18.2 Å². The summed E-state index contributed by atoms with van der Waals surface area (Å²) in [5, 5.41) is 0. The first-order valence-corrected chi connectivity index (χ1v) is 7.19. The van der Waals surface area contributed by atoms with Crippen molar-refractivity contribution in [2.45, 2.75) is 31.8 Å². The van der Waals surface area contributed by atoms with Crippen LogP contribution >= 0.6 is 0 Å². The van der Waals surface area contributed by atoms with Gasteiger partial charge in [-0.25, -0.2) is 4.39 Å². The van der Waals surface area contributed by atoms with Crippen molar-refractivity contribution in [3.8, 4) is 0 Å². The summed E-state index contributed by atoms with van der Waals surface area (Å²) in [5.41, 5.74) is 7.99. The maximum atomic E-state index is 13.4. The minimum atomic E-state index is -0.201. The predicted octanol–water partition coefficient (Wildman–Crippen LogP) is 2.13. The fourth-order valence-corrected chi connectivity index (χ4v) is 2.95. The van der Waals surface area contributed by atoms with E-state index in [0.29, 0.717) is 0 Å². The zero-order chi connectivity index (χ0) is 13.4. The summed E-state index contributed by atoms with van der Waals surface area (Å²) >= 11 is 0. The molecular weight excluding hydrogens is 241 g/mol. The Hall–Kier alpha value is -1.13. The molecule has 2 aliphatic rings. The van der Waals surface area contributed by atoms with Crippen molar-refractivity contribution in [2.75, 3.05) is 31.1 Å². The molecule has 2 fully saturated rings. The monoisotopic (exact) mass is 263 g/mol. The number of nitrogens with two attached hydrogens (primary N) is 1. The molecule has 1 aliphatic carbocycles. The molecule has 1 atom stereocenters. The minimum absolute atomic E-state index is 0.132. The van der Waals surface area contributed by atoms with Crippen molar-refractivity contribution >= 4 is 5.69 Å². The van der Waals surface area contributed by atoms with Crippen molar-refractivity contribution in [3.63, 3.8) is 0 Å². The first-order chi connectivity index (χ1) is 9.15.